The summed E-state index contributed by atoms with van der Waals surface area (Å²) in [6.45, 7) is 0.808. The topological polar surface area (TPSA) is 81.8 Å². The fourth-order valence-electron chi connectivity index (χ4n) is 2.01. The van der Waals surface area contributed by atoms with Gasteiger partial charge in [-0.1, -0.05) is 15.9 Å². The van der Waals surface area contributed by atoms with Crippen LogP contribution in [-0.2, 0) is 20.7 Å². The molecule has 0 spiro atoms. The number of hydrogen-bond acceptors (Lipinski definition) is 4. The number of halogens is 1. The Balaban J connectivity index is 2.23. The molecular formula is C12H14BrNO4. The molecule has 18 heavy (non-hydrogen) atoms. The zero-order valence-corrected chi connectivity index (χ0v) is 11.3. The summed E-state index contributed by atoms with van der Waals surface area (Å²) in [5.41, 5.74) is 7.29. The highest BCUT2D eigenvalue weighted by Crippen LogP contribution is 2.31. The van der Waals surface area contributed by atoms with Crippen molar-refractivity contribution in [1.82, 2.24) is 0 Å². The smallest absolute Gasteiger partial charge is 0.308 e. The number of ether oxygens (including phenoxy) is 2. The van der Waals surface area contributed by atoms with E-state index in [0.717, 1.165) is 10.0 Å². The number of carboxylic acid groups (broad SMARTS) is 1. The lowest BCUT2D eigenvalue weighted by Crippen LogP contribution is -2.36. The first-order valence-corrected chi connectivity index (χ1v) is 6.34. The summed E-state index contributed by atoms with van der Waals surface area (Å²) >= 11 is 3.36. The van der Waals surface area contributed by atoms with E-state index in [1.165, 1.54) is 0 Å². The molecule has 0 aliphatic carbocycles. The van der Waals surface area contributed by atoms with Gasteiger partial charge in [-0.05, 0) is 23.8 Å². The highest BCUT2D eigenvalue weighted by molar-refractivity contribution is 9.10. The Morgan fingerprint density at radius 3 is 2.72 bits per heavy atom. The van der Waals surface area contributed by atoms with Crippen LogP contribution in [0.5, 0.6) is 0 Å². The van der Waals surface area contributed by atoms with Gasteiger partial charge in [-0.2, -0.15) is 0 Å². The molecule has 5 nitrogen and oxygen atoms in total. The summed E-state index contributed by atoms with van der Waals surface area (Å²) in [7, 11) is 0. The number of nitrogens with two attached hydrogens (primary N) is 1. The molecule has 1 fully saturated rings. The van der Waals surface area contributed by atoms with Gasteiger partial charge in [0, 0.05) is 16.6 Å². The van der Waals surface area contributed by atoms with Gasteiger partial charge in [0.2, 0.25) is 0 Å². The Kier molecular flexibility index (Phi) is 3.89. The first-order valence-electron chi connectivity index (χ1n) is 5.54. The number of aliphatic carboxylic acids is 1. The van der Waals surface area contributed by atoms with Gasteiger partial charge >= 0.3 is 5.97 Å². The maximum absolute atomic E-state index is 10.9. The van der Waals surface area contributed by atoms with Crippen molar-refractivity contribution in [2.75, 3.05) is 18.9 Å². The Morgan fingerprint density at radius 2 is 2.11 bits per heavy atom. The van der Waals surface area contributed by atoms with Crippen LogP contribution in [-0.4, -0.2) is 30.1 Å². The first-order chi connectivity index (χ1) is 8.51. The number of benzene rings is 1. The summed E-state index contributed by atoms with van der Waals surface area (Å²) in [5, 5.41) is 8.94. The van der Waals surface area contributed by atoms with Crippen LogP contribution in [0.4, 0.5) is 5.69 Å². The lowest BCUT2D eigenvalue weighted by molar-refractivity contribution is -0.178. The van der Waals surface area contributed by atoms with Crippen LogP contribution >= 0.6 is 15.9 Å². The van der Waals surface area contributed by atoms with E-state index < -0.39 is 11.8 Å². The standard InChI is InChI=1S/C12H14BrNO4/c13-9-1-2-10(14)8(5-9)6-12(7-11(15)16)17-3-4-18-12/h1-2,5H,3-4,6-7,14H2,(H,15,16). The van der Waals surface area contributed by atoms with Gasteiger partial charge in [-0.25, -0.2) is 0 Å². The van der Waals surface area contributed by atoms with Crippen molar-refractivity contribution < 1.29 is 19.4 Å². The summed E-state index contributed by atoms with van der Waals surface area (Å²) in [6, 6.07) is 5.45. The Morgan fingerprint density at radius 1 is 1.44 bits per heavy atom. The Labute approximate surface area is 113 Å². The average molecular weight is 316 g/mol. The Bertz CT molecular complexity index is 457. The molecule has 1 saturated heterocycles. The molecule has 1 aromatic rings. The van der Waals surface area contributed by atoms with Gasteiger partial charge in [0.25, 0.3) is 0 Å². The summed E-state index contributed by atoms with van der Waals surface area (Å²) in [4.78, 5) is 10.9. The van der Waals surface area contributed by atoms with E-state index in [1.54, 1.807) is 6.07 Å². The predicted molar refractivity (Wildman–Crippen MR) is 69.1 cm³/mol. The van der Waals surface area contributed by atoms with E-state index in [4.69, 9.17) is 20.3 Å². The van der Waals surface area contributed by atoms with E-state index in [0.29, 0.717) is 25.3 Å². The van der Waals surface area contributed by atoms with Crippen LogP contribution in [0, 0.1) is 0 Å². The molecule has 0 amide bonds. The fraction of sp³-hybridized carbons (Fsp3) is 0.417. The van der Waals surface area contributed by atoms with Crippen LogP contribution in [0.1, 0.15) is 12.0 Å². The van der Waals surface area contributed by atoms with Crippen LogP contribution in [0.2, 0.25) is 0 Å². The summed E-state index contributed by atoms with van der Waals surface area (Å²) < 4.78 is 11.8. The molecule has 0 saturated carbocycles. The van der Waals surface area contributed by atoms with E-state index in [2.05, 4.69) is 15.9 Å². The molecule has 1 heterocycles. The first kappa shape index (κ1) is 13.3. The zero-order valence-electron chi connectivity index (χ0n) is 9.69. The molecule has 1 aliphatic heterocycles. The zero-order chi connectivity index (χ0) is 13.2. The van der Waals surface area contributed by atoms with Crippen LogP contribution in [0.3, 0.4) is 0 Å². The van der Waals surface area contributed by atoms with E-state index >= 15 is 0 Å². The number of hydrogen-bond donors (Lipinski definition) is 2. The quantitative estimate of drug-likeness (QED) is 0.828. The van der Waals surface area contributed by atoms with Gasteiger partial charge in [-0.15, -0.1) is 0 Å². The number of rotatable bonds is 4. The molecule has 0 aromatic heterocycles. The summed E-state index contributed by atoms with van der Waals surface area (Å²) in [5.74, 6) is -2.05. The second kappa shape index (κ2) is 5.26. The largest absolute Gasteiger partial charge is 0.481 e. The van der Waals surface area contributed by atoms with Crippen molar-refractivity contribution in [2.45, 2.75) is 18.6 Å². The average Bonchev–Trinajstić information content (AvgIpc) is 2.71. The molecule has 0 radical (unpaired) electrons. The lowest BCUT2D eigenvalue weighted by atomic mass is 10.0. The molecule has 2 rings (SSSR count). The second-order valence-corrected chi connectivity index (χ2v) is 5.11. The third-order valence-electron chi connectivity index (χ3n) is 2.80. The van der Waals surface area contributed by atoms with Gasteiger partial charge in [-0.3, -0.25) is 4.79 Å². The van der Waals surface area contributed by atoms with Crippen LogP contribution in [0.25, 0.3) is 0 Å². The maximum Gasteiger partial charge on any atom is 0.308 e. The SMILES string of the molecule is Nc1ccc(Br)cc1CC1(CC(=O)O)OCCO1. The lowest BCUT2D eigenvalue weighted by Gasteiger charge is -2.26. The van der Waals surface area contributed by atoms with Gasteiger partial charge in [0.05, 0.1) is 19.6 Å². The highest BCUT2D eigenvalue weighted by Gasteiger charge is 2.39. The minimum absolute atomic E-state index is 0.195. The third kappa shape index (κ3) is 3.01. The van der Waals surface area contributed by atoms with Gasteiger partial charge in [0.15, 0.2) is 5.79 Å². The fourth-order valence-corrected chi connectivity index (χ4v) is 2.42. The molecule has 0 bridgehead atoms. The third-order valence-corrected chi connectivity index (χ3v) is 3.29. The van der Waals surface area contributed by atoms with Gasteiger partial charge in [0.1, 0.15) is 0 Å². The second-order valence-electron chi connectivity index (χ2n) is 4.20. The van der Waals surface area contributed by atoms with E-state index in [9.17, 15) is 4.79 Å². The van der Waals surface area contributed by atoms with Gasteiger partial charge < -0.3 is 20.3 Å². The molecule has 98 valence electrons. The number of carbonyl (C=O) groups is 1. The van der Waals surface area contributed by atoms with Crippen molar-refractivity contribution in [1.29, 1.82) is 0 Å². The maximum atomic E-state index is 10.9. The molecule has 1 aliphatic rings. The van der Waals surface area contributed by atoms with E-state index in [1.807, 2.05) is 12.1 Å². The van der Waals surface area contributed by atoms with Crippen LogP contribution in [0.15, 0.2) is 22.7 Å². The molecule has 0 unspecified atom stereocenters. The summed E-state index contributed by atoms with van der Waals surface area (Å²) in [6.07, 6.45) is 0.128. The number of nitrogen functional groups attached to an aromatic ring is 1. The highest BCUT2D eigenvalue weighted by atomic mass is 79.9. The van der Waals surface area contributed by atoms with Crippen molar-refractivity contribution in [2.24, 2.45) is 0 Å². The molecule has 3 N–H and O–H groups in total. The number of carboxylic acids is 1. The van der Waals surface area contributed by atoms with Crippen molar-refractivity contribution in [3.05, 3.63) is 28.2 Å². The normalized spacial score (nSPS) is 17.8. The van der Waals surface area contributed by atoms with Crippen molar-refractivity contribution in [3.63, 3.8) is 0 Å². The molecule has 6 heteroatoms. The number of anilines is 1. The minimum atomic E-state index is -1.10. The van der Waals surface area contributed by atoms with Crippen molar-refractivity contribution >= 4 is 27.6 Å². The monoisotopic (exact) mass is 315 g/mol. The minimum Gasteiger partial charge on any atom is -0.481 e. The van der Waals surface area contributed by atoms with Crippen molar-refractivity contribution in [3.8, 4) is 0 Å². The molecular weight excluding hydrogens is 302 g/mol. The van der Waals surface area contributed by atoms with E-state index in [-0.39, 0.29) is 6.42 Å². The van der Waals surface area contributed by atoms with Crippen LogP contribution < -0.4 is 5.73 Å². The molecule has 0 atom stereocenters. The predicted octanol–water partition coefficient (Wildman–Crippen LogP) is 1.79. The molecule has 1 aromatic carbocycles. The Hall–Kier alpha value is -1.11.